The molecule has 1 aromatic heterocycles. The van der Waals surface area contributed by atoms with Crippen molar-refractivity contribution in [3.05, 3.63) is 55.4 Å². The van der Waals surface area contributed by atoms with E-state index >= 15 is 0 Å². The highest BCUT2D eigenvalue weighted by atomic mass is 79.9. The maximum absolute atomic E-state index is 13.4. The fourth-order valence-electron chi connectivity index (χ4n) is 1.65. The number of nitrogens with one attached hydrogen (secondary N) is 1. The Balaban J connectivity index is 2.38. The van der Waals surface area contributed by atoms with Crippen LogP contribution in [-0.4, -0.2) is 7.05 Å². The summed E-state index contributed by atoms with van der Waals surface area (Å²) in [5.74, 6) is -0.389. The molecular weight excluding hydrogens is 325 g/mol. The molecule has 0 fully saturated rings. The highest BCUT2D eigenvalue weighted by molar-refractivity contribution is 9.11. The van der Waals surface area contributed by atoms with Gasteiger partial charge < -0.3 is 5.32 Å². The second-order valence-electron chi connectivity index (χ2n) is 3.54. The summed E-state index contributed by atoms with van der Waals surface area (Å²) in [4.78, 5) is 1.13. The van der Waals surface area contributed by atoms with E-state index in [-0.39, 0.29) is 16.9 Å². The van der Waals surface area contributed by atoms with Crippen LogP contribution in [0.15, 0.2) is 34.1 Å². The van der Waals surface area contributed by atoms with Crippen LogP contribution in [0.25, 0.3) is 0 Å². The molecule has 1 N–H and O–H groups in total. The zero-order valence-electron chi connectivity index (χ0n) is 9.01. The maximum atomic E-state index is 13.4. The predicted molar refractivity (Wildman–Crippen MR) is 74.3 cm³/mol. The smallest absolute Gasteiger partial charge is 0.142 e. The summed E-state index contributed by atoms with van der Waals surface area (Å²) in [6, 6.07) is 8.87. The van der Waals surface area contributed by atoms with Crippen LogP contribution in [0.2, 0.25) is 5.02 Å². The van der Waals surface area contributed by atoms with Crippen LogP contribution in [-0.2, 0) is 0 Å². The first-order chi connectivity index (χ1) is 8.11. The van der Waals surface area contributed by atoms with Gasteiger partial charge in [-0.3, -0.25) is 0 Å². The molecule has 5 heteroatoms. The average Bonchev–Trinajstić information content (AvgIpc) is 2.71. The molecule has 0 amide bonds. The zero-order valence-corrected chi connectivity index (χ0v) is 12.2. The summed E-state index contributed by atoms with van der Waals surface area (Å²) in [7, 11) is 1.85. The summed E-state index contributed by atoms with van der Waals surface area (Å²) in [6.45, 7) is 0. The fourth-order valence-corrected chi connectivity index (χ4v) is 3.33. The average molecular weight is 335 g/mol. The van der Waals surface area contributed by atoms with Gasteiger partial charge in [-0.2, -0.15) is 0 Å². The molecule has 1 unspecified atom stereocenters. The van der Waals surface area contributed by atoms with Gasteiger partial charge >= 0.3 is 0 Å². The molecule has 0 aliphatic carbocycles. The van der Waals surface area contributed by atoms with Crippen LogP contribution in [0.1, 0.15) is 16.5 Å². The predicted octanol–water partition coefficient (Wildman–Crippen LogP) is 4.61. The SMILES string of the molecule is CNC(c1ccc(Cl)c(F)c1)c1ccc(Br)s1. The Labute approximate surface area is 117 Å². The minimum Gasteiger partial charge on any atom is -0.309 e. The van der Waals surface area contributed by atoms with Crippen LogP contribution in [0, 0.1) is 5.82 Å². The molecule has 0 aliphatic rings. The zero-order chi connectivity index (χ0) is 12.4. The van der Waals surface area contributed by atoms with Crippen molar-refractivity contribution >= 4 is 38.9 Å². The van der Waals surface area contributed by atoms with Gasteiger partial charge in [0.2, 0.25) is 0 Å². The molecule has 0 aliphatic heterocycles. The van der Waals surface area contributed by atoms with Crippen molar-refractivity contribution in [3.63, 3.8) is 0 Å². The molecule has 0 saturated carbocycles. The minimum atomic E-state index is -0.389. The van der Waals surface area contributed by atoms with Gasteiger partial charge in [-0.05, 0) is 52.8 Å². The van der Waals surface area contributed by atoms with Crippen molar-refractivity contribution in [1.29, 1.82) is 0 Å². The van der Waals surface area contributed by atoms with Crippen molar-refractivity contribution in [2.45, 2.75) is 6.04 Å². The third-order valence-electron chi connectivity index (χ3n) is 2.44. The van der Waals surface area contributed by atoms with Gasteiger partial charge in [0.15, 0.2) is 0 Å². The van der Waals surface area contributed by atoms with Crippen LogP contribution in [0.3, 0.4) is 0 Å². The molecule has 1 aromatic carbocycles. The molecule has 17 heavy (non-hydrogen) atoms. The van der Waals surface area contributed by atoms with Crippen molar-refractivity contribution in [3.8, 4) is 0 Å². The summed E-state index contributed by atoms with van der Waals surface area (Å²) in [5.41, 5.74) is 0.865. The Bertz CT molecular complexity index is 529. The summed E-state index contributed by atoms with van der Waals surface area (Å²) in [5, 5.41) is 3.32. The summed E-state index contributed by atoms with van der Waals surface area (Å²) < 4.78 is 14.5. The van der Waals surface area contributed by atoms with E-state index in [1.807, 2.05) is 25.2 Å². The number of hydrogen-bond donors (Lipinski definition) is 1. The largest absolute Gasteiger partial charge is 0.309 e. The Morgan fingerprint density at radius 2 is 2.12 bits per heavy atom. The molecule has 0 radical (unpaired) electrons. The van der Waals surface area contributed by atoms with E-state index in [1.54, 1.807) is 17.4 Å². The van der Waals surface area contributed by atoms with Crippen molar-refractivity contribution in [2.75, 3.05) is 7.05 Å². The lowest BCUT2D eigenvalue weighted by molar-refractivity contribution is 0.618. The van der Waals surface area contributed by atoms with Crippen molar-refractivity contribution in [2.24, 2.45) is 0 Å². The number of thiophene rings is 1. The lowest BCUT2D eigenvalue weighted by Crippen LogP contribution is -2.16. The van der Waals surface area contributed by atoms with Gasteiger partial charge in [-0.15, -0.1) is 11.3 Å². The van der Waals surface area contributed by atoms with Crippen LogP contribution >= 0.6 is 38.9 Å². The van der Waals surface area contributed by atoms with E-state index in [9.17, 15) is 4.39 Å². The quantitative estimate of drug-likeness (QED) is 0.864. The normalized spacial score (nSPS) is 12.7. The lowest BCUT2D eigenvalue weighted by Gasteiger charge is -2.15. The first kappa shape index (κ1) is 13.0. The van der Waals surface area contributed by atoms with Gasteiger partial charge in [-0.25, -0.2) is 4.39 Å². The Morgan fingerprint density at radius 1 is 1.35 bits per heavy atom. The fraction of sp³-hybridized carbons (Fsp3) is 0.167. The molecule has 1 nitrogen and oxygen atoms in total. The van der Waals surface area contributed by atoms with E-state index in [0.29, 0.717) is 0 Å². The van der Waals surface area contributed by atoms with Crippen LogP contribution in [0.4, 0.5) is 4.39 Å². The number of rotatable bonds is 3. The van der Waals surface area contributed by atoms with Crippen molar-refractivity contribution < 1.29 is 4.39 Å². The molecule has 1 heterocycles. The molecule has 0 saturated heterocycles. The Hall–Kier alpha value is -0.420. The second-order valence-corrected chi connectivity index (χ2v) is 6.44. The molecule has 90 valence electrons. The third-order valence-corrected chi connectivity index (χ3v) is 4.44. The van der Waals surface area contributed by atoms with Crippen molar-refractivity contribution in [1.82, 2.24) is 5.32 Å². The van der Waals surface area contributed by atoms with Gasteiger partial charge in [0, 0.05) is 4.88 Å². The van der Waals surface area contributed by atoms with E-state index in [0.717, 1.165) is 14.2 Å². The maximum Gasteiger partial charge on any atom is 0.142 e. The highest BCUT2D eigenvalue weighted by Crippen LogP contribution is 2.32. The first-order valence-corrected chi connectivity index (χ1v) is 6.98. The van der Waals surface area contributed by atoms with E-state index in [4.69, 9.17) is 11.6 Å². The van der Waals surface area contributed by atoms with E-state index in [1.165, 1.54) is 6.07 Å². The Morgan fingerprint density at radius 3 is 2.65 bits per heavy atom. The minimum absolute atomic E-state index is 0.0157. The highest BCUT2D eigenvalue weighted by Gasteiger charge is 2.15. The lowest BCUT2D eigenvalue weighted by atomic mass is 10.1. The molecule has 2 aromatic rings. The van der Waals surface area contributed by atoms with Gasteiger partial charge in [0.05, 0.1) is 14.9 Å². The topological polar surface area (TPSA) is 12.0 Å². The molecule has 0 bridgehead atoms. The summed E-state index contributed by atoms with van der Waals surface area (Å²) in [6.07, 6.45) is 0. The van der Waals surface area contributed by atoms with Crippen LogP contribution in [0.5, 0.6) is 0 Å². The van der Waals surface area contributed by atoms with Gasteiger partial charge in [0.1, 0.15) is 5.82 Å². The molecule has 2 rings (SSSR count). The molecule has 0 spiro atoms. The number of benzene rings is 1. The number of halogens is 3. The second kappa shape index (κ2) is 5.48. The monoisotopic (exact) mass is 333 g/mol. The summed E-state index contributed by atoms with van der Waals surface area (Å²) >= 11 is 10.7. The van der Waals surface area contributed by atoms with Gasteiger partial charge in [-0.1, -0.05) is 17.7 Å². The number of hydrogen-bond acceptors (Lipinski definition) is 2. The van der Waals surface area contributed by atoms with Crippen LogP contribution < -0.4 is 5.32 Å². The van der Waals surface area contributed by atoms with Gasteiger partial charge in [0.25, 0.3) is 0 Å². The van der Waals surface area contributed by atoms with E-state index < -0.39 is 0 Å². The molecule has 1 atom stereocenters. The molecular formula is C12H10BrClFNS. The Kier molecular flexibility index (Phi) is 4.20. The first-order valence-electron chi connectivity index (χ1n) is 4.99. The van der Waals surface area contributed by atoms with E-state index in [2.05, 4.69) is 21.2 Å². The standard InChI is InChI=1S/C12H10BrClFNS/c1-16-12(10-4-5-11(13)17-10)7-2-3-8(14)9(15)6-7/h2-6,12,16H,1H3. The third kappa shape index (κ3) is 2.88.